The second-order valence-electron chi connectivity index (χ2n) is 13.0. The summed E-state index contributed by atoms with van der Waals surface area (Å²) in [6, 6.07) is 10.8. The second-order valence-corrected chi connectivity index (χ2v) is 13.0. The lowest BCUT2D eigenvalue weighted by atomic mass is 9.82. The number of carbonyl (C=O) groups excluding carboxylic acids is 4. The maximum Gasteiger partial charge on any atom is 0.246 e. The number of aromatic amines is 1. The van der Waals surface area contributed by atoms with Gasteiger partial charge in [-0.1, -0.05) is 70.4 Å². The van der Waals surface area contributed by atoms with Crippen LogP contribution < -0.4 is 10.6 Å². The Morgan fingerprint density at radius 2 is 1.67 bits per heavy atom. The zero-order valence-corrected chi connectivity index (χ0v) is 27.8. The van der Waals surface area contributed by atoms with Crippen LogP contribution in [0.15, 0.2) is 42.6 Å². The smallest absolute Gasteiger partial charge is 0.246 e. The third-order valence-corrected chi connectivity index (χ3v) is 9.82. The van der Waals surface area contributed by atoms with E-state index in [2.05, 4.69) is 48.5 Å². The maximum atomic E-state index is 14.1. The molecule has 9 nitrogen and oxygen atoms in total. The van der Waals surface area contributed by atoms with Gasteiger partial charge in [-0.3, -0.25) is 19.2 Å². The van der Waals surface area contributed by atoms with Gasteiger partial charge in [0.15, 0.2) is 0 Å². The molecule has 2 aromatic carbocycles. The number of benzene rings is 2. The van der Waals surface area contributed by atoms with Crippen molar-refractivity contribution in [1.29, 1.82) is 0 Å². The van der Waals surface area contributed by atoms with E-state index in [4.69, 9.17) is 0 Å². The maximum absolute atomic E-state index is 14.1. The normalized spacial score (nSPS) is 18.0. The summed E-state index contributed by atoms with van der Waals surface area (Å²) >= 11 is 0. The molecule has 4 amide bonds. The topological polar surface area (TPSA) is 115 Å². The molecule has 3 aromatic rings. The molecule has 5 rings (SSSR count). The minimum atomic E-state index is -0.856. The number of nitrogens with one attached hydrogen (secondary N) is 3. The summed E-state index contributed by atoms with van der Waals surface area (Å²) in [5, 5.41) is 6.83. The quantitative estimate of drug-likeness (QED) is 0.275. The number of fused-ring (bicyclic) bond motifs is 1. The summed E-state index contributed by atoms with van der Waals surface area (Å²) in [5.41, 5.74) is 6.95. The van der Waals surface area contributed by atoms with Gasteiger partial charge < -0.3 is 25.4 Å². The molecule has 2 atom stereocenters. The summed E-state index contributed by atoms with van der Waals surface area (Å²) in [6.45, 7) is 6.48. The van der Waals surface area contributed by atoms with Crippen LogP contribution in [0.4, 0.5) is 0 Å². The van der Waals surface area contributed by atoms with Gasteiger partial charge in [-0.15, -0.1) is 0 Å². The van der Waals surface area contributed by atoms with Crippen molar-refractivity contribution in [1.82, 2.24) is 25.4 Å². The summed E-state index contributed by atoms with van der Waals surface area (Å²) in [4.78, 5) is 60.0. The number of amides is 4. The van der Waals surface area contributed by atoms with Crippen molar-refractivity contribution < 1.29 is 19.2 Å². The first-order chi connectivity index (χ1) is 22.2. The third kappa shape index (κ3) is 7.45. The van der Waals surface area contributed by atoms with E-state index in [9.17, 15) is 19.2 Å². The lowest BCUT2D eigenvalue weighted by Crippen LogP contribution is -2.62. The zero-order valence-electron chi connectivity index (χ0n) is 27.8. The standard InChI is InChI=1S/C37H49N5O4/c1-5-25-17-24(18-26(6-2)29(25)7-3)21-41(4)36(45)32(19-28-20-38-31-16-12-11-15-30(28)31)39-33(43)22-42-23-34(44)40-35(37(42)46)27-13-9-8-10-14-27/h11-12,15-18,20,27,32,35,38H,5-10,13-14,19,21-23H2,1-4H3,(H,39,43)(H,40,44). The molecule has 0 spiro atoms. The number of likely N-dealkylation sites (N-methyl/N-ethyl adjacent to an activating group) is 1. The Morgan fingerprint density at radius 1 is 0.978 bits per heavy atom. The highest BCUT2D eigenvalue weighted by Gasteiger charge is 2.39. The van der Waals surface area contributed by atoms with Gasteiger partial charge in [0.1, 0.15) is 25.2 Å². The van der Waals surface area contributed by atoms with Gasteiger partial charge in [0.05, 0.1) is 0 Å². The summed E-state index contributed by atoms with van der Waals surface area (Å²) in [5.74, 6) is -1.04. The highest BCUT2D eigenvalue weighted by Crippen LogP contribution is 2.28. The molecule has 1 saturated heterocycles. The molecule has 1 aromatic heterocycles. The van der Waals surface area contributed by atoms with Gasteiger partial charge in [0, 0.05) is 37.1 Å². The Morgan fingerprint density at radius 3 is 2.35 bits per heavy atom. The molecular weight excluding hydrogens is 578 g/mol. The molecule has 2 aliphatic rings. The van der Waals surface area contributed by atoms with Crippen LogP contribution in [-0.2, 0) is 51.4 Å². The minimum absolute atomic E-state index is 0.0914. The Balaban J connectivity index is 1.34. The molecule has 1 aliphatic carbocycles. The van der Waals surface area contributed by atoms with Gasteiger partial charge in [-0.2, -0.15) is 0 Å². The number of para-hydroxylation sites is 1. The van der Waals surface area contributed by atoms with Crippen molar-refractivity contribution in [2.45, 2.75) is 97.2 Å². The van der Waals surface area contributed by atoms with E-state index < -0.39 is 18.0 Å². The zero-order chi connectivity index (χ0) is 32.8. The molecule has 46 heavy (non-hydrogen) atoms. The van der Waals surface area contributed by atoms with E-state index in [1.54, 1.807) is 11.9 Å². The molecule has 9 heteroatoms. The number of H-pyrrole nitrogens is 1. The summed E-state index contributed by atoms with van der Waals surface area (Å²) in [7, 11) is 1.77. The molecule has 0 bridgehead atoms. The number of hydrogen-bond acceptors (Lipinski definition) is 4. The third-order valence-electron chi connectivity index (χ3n) is 9.82. The number of carbonyl (C=O) groups is 4. The molecule has 0 radical (unpaired) electrons. The Hall–Kier alpha value is -4.14. The van der Waals surface area contributed by atoms with Crippen LogP contribution in [0.3, 0.4) is 0 Å². The molecular formula is C37H49N5O4. The first-order valence-corrected chi connectivity index (χ1v) is 17.0. The number of aryl methyl sites for hydroxylation is 2. The summed E-state index contributed by atoms with van der Waals surface area (Å²) in [6.07, 6.45) is 10.0. The number of aromatic nitrogens is 1. The van der Waals surface area contributed by atoms with Crippen LogP contribution in [0.1, 0.15) is 80.7 Å². The van der Waals surface area contributed by atoms with Crippen molar-refractivity contribution in [3.8, 4) is 0 Å². The first kappa shape index (κ1) is 33.2. The average Bonchev–Trinajstić information content (AvgIpc) is 3.47. The lowest BCUT2D eigenvalue weighted by molar-refractivity contribution is -0.148. The second kappa shape index (κ2) is 15.0. The van der Waals surface area contributed by atoms with E-state index >= 15 is 0 Å². The van der Waals surface area contributed by atoms with E-state index in [0.717, 1.165) is 73.4 Å². The number of nitrogens with zero attached hydrogens (tertiary/aromatic N) is 2. The van der Waals surface area contributed by atoms with Crippen LogP contribution in [0, 0.1) is 5.92 Å². The lowest BCUT2D eigenvalue weighted by Gasteiger charge is -2.37. The van der Waals surface area contributed by atoms with Crippen molar-refractivity contribution in [3.05, 3.63) is 70.4 Å². The fourth-order valence-electron chi connectivity index (χ4n) is 7.45. The number of rotatable bonds is 12. The van der Waals surface area contributed by atoms with E-state index in [1.807, 2.05) is 30.5 Å². The predicted molar refractivity (Wildman–Crippen MR) is 180 cm³/mol. The number of hydrogen-bond donors (Lipinski definition) is 3. The van der Waals surface area contributed by atoms with Crippen molar-refractivity contribution in [2.24, 2.45) is 5.92 Å². The monoisotopic (exact) mass is 627 g/mol. The van der Waals surface area contributed by atoms with Crippen molar-refractivity contribution >= 4 is 34.5 Å². The van der Waals surface area contributed by atoms with Gasteiger partial charge in [0.25, 0.3) is 0 Å². The van der Waals surface area contributed by atoms with Crippen LogP contribution in [0.5, 0.6) is 0 Å². The Kier molecular flexibility index (Phi) is 10.8. The fraction of sp³-hybridized carbons (Fsp3) is 0.514. The van der Waals surface area contributed by atoms with Crippen LogP contribution >= 0.6 is 0 Å². The fourth-order valence-corrected chi connectivity index (χ4v) is 7.45. The van der Waals surface area contributed by atoms with Crippen molar-refractivity contribution in [3.63, 3.8) is 0 Å². The molecule has 1 saturated carbocycles. The molecule has 2 fully saturated rings. The van der Waals surface area contributed by atoms with Gasteiger partial charge >= 0.3 is 0 Å². The van der Waals surface area contributed by atoms with E-state index in [1.165, 1.54) is 21.6 Å². The Labute approximate surface area is 272 Å². The van der Waals surface area contributed by atoms with E-state index in [-0.39, 0.29) is 43.1 Å². The minimum Gasteiger partial charge on any atom is -0.361 e. The molecule has 2 unspecified atom stereocenters. The Bertz CT molecular complexity index is 1550. The van der Waals surface area contributed by atoms with Crippen LogP contribution in [0.2, 0.25) is 0 Å². The van der Waals surface area contributed by atoms with Crippen LogP contribution in [0.25, 0.3) is 10.9 Å². The average molecular weight is 628 g/mol. The van der Waals surface area contributed by atoms with Crippen LogP contribution in [-0.4, -0.2) is 70.6 Å². The number of piperazine rings is 1. The van der Waals surface area contributed by atoms with Crippen molar-refractivity contribution in [2.75, 3.05) is 20.1 Å². The SMILES string of the molecule is CCc1cc(CN(C)C(=O)C(Cc2c[nH]c3ccccc23)NC(=O)CN2CC(=O)NC(C3CCCCC3)C2=O)cc(CC)c1CC. The van der Waals surface area contributed by atoms with E-state index in [0.29, 0.717) is 6.54 Å². The van der Waals surface area contributed by atoms with Gasteiger partial charge in [-0.25, -0.2) is 0 Å². The van der Waals surface area contributed by atoms with Gasteiger partial charge in [-0.05, 0) is 71.9 Å². The largest absolute Gasteiger partial charge is 0.361 e. The first-order valence-electron chi connectivity index (χ1n) is 17.0. The molecule has 3 N–H and O–H groups in total. The van der Waals surface area contributed by atoms with Gasteiger partial charge in [0.2, 0.25) is 23.6 Å². The highest BCUT2D eigenvalue weighted by molar-refractivity contribution is 5.98. The molecule has 1 aliphatic heterocycles. The molecule has 2 heterocycles. The highest BCUT2D eigenvalue weighted by atomic mass is 16.2. The molecule has 246 valence electrons. The predicted octanol–water partition coefficient (Wildman–Crippen LogP) is 4.45. The summed E-state index contributed by atoms with van der Waals surface area (Å²) < 4.78 is 0.